The first-order valence-corrected chi connectivity index (χ1v) is 10.0. The predicted molar refractivity (Wildman–Crippen MR) is 120 cm³/mol. The van der Waals surface area contributed by atoms with Gasteiger partial charge in [-0.3, -0.25) is 9.78 Å². The number of aliphatic hydroxyl groups excluding tert-OH is 2. The van der Waals surface area contributed by atoms with Crippen LogP contribution in [0.4, 0.5) is 0 Å². The molecular formula is C25H23N3O3. The summed E-state index contributed by atoms with van der Waals surface area (Å²) in [5.74, 6) is -0.649. The molecule has 0 radical (unpaired) electrons. The molecule has 0 bridgehead atoms. The molecule has 0 unspecified atom stereocenters. The number of aromatic nitrogens is 2. The van der Waals surface area contributed by atoms with Gasteiger partial charge < -0.3 is 15.9 Å². The molecule has 6 heteroatoms. The number of pyridine rings is 2. The summed E-state index contributed by atoms with van der Waals surface area (Å²) in [5, 5.41) is 19.1. The van der Waals surface area contributed by atoms with Crippen molar-refractivity contribution in [3.8, 4) is 22.4 Å². The summed E-state index contributed by atoms with van der Waals surface area (Å²) in [5.41, 5.74) is 11.4. The molecule has 6 nitrogen and oxygen atoms in total. The van der Waals surface area contributed by atoms with Crippen LogP contribution < -0.4 is 5.73 Å². The van der Waals surface area contributed by atoms with E-state index in [0.29, 0.717) is 28.6 Å². The Morgan fingerprint density at radius 3 is 2.13 bits per heavy atom. The second kappa shape index (κ2) is 9.04. The normalized spacial score (nSPS) is 11.2. The molecule has 4 N–H and O–H groups in total. The predicted octanol–water partition coefficient (Wildman–Crippen LogP) is 3.21. The van der Waals surface area contributed by atoms with E-state index < -0.39 is 5.91 Å². The number of carbonyl (C=O) groups excluding carboxylic acids is 1. The minimum atomic E-state index is -0.511. The Labute approximate surface area is 180 Å². The maximum Gasteiger partial charge on any atom is 0.249 e. The van der Waals surface area contributed by atoms with E-state index in [4.69, 9.17) is 5.73 Å². The molecule has 0 spiro atoms. The summed E-state index contributed by atoms with van der Waals surface area (Å²) < 4.78 is 0. The average molecular weight is 413 g/mol. The lowest BCUT2D eigenvalue weighted by Gasteiger charge is -2.11. The van der Waals surface area contributed by atoms with Gasteiger partial charge in [0.1, 0.15) is 0 Å². The topological polar surface area (TPSA) is 109 Å². The fraction of sp³-hybridized carbons (Fsp3) is 0.160. The quantitative estimate of drug-likeness (QED) is 0.431. The van der Waals surface area contributed by atoms with Crippen molar-refractivity contribution in [2.75, 3.05) is 13.2 Å². The molecule has 4 rings (SSSR count). The fourth-order valence-electron chi connectivity index (χ4n) is 3.61. The number of hydrogen-bond donors (Lipinski definition) is 3. The number of amides is 1. The van der Waals surface area contributed by atoms with Gasteiger partial charge in [-0.1, -0.05) is 48.5 Å². The van der Waals surface area contributed by atoms with Crippen molar-refractivity contribution in [2.24, 2.45) is 11.7 Å². The van der Waals surface area contributed by atoms with Crippen LogP contribution >= 0.6 is 0 Å². The summed E-state index contributed by atoms with van der Waals surface area (Å²) >= 11 is 0. The second-order valence-electron chi connectivity index (χ2n) is 7.52. The highest BCUT2D eigenvalue weighted by atomic mass is 16.3. The van der Waals surface area contributed by atoms with Crippen LogP contribution in [0.25, 0.3) is 33.3 Å². The van der Waals surface area contributed by atoms with E-state index in [1.165, 1.54) is 0 Å². The van der Waals surface area contributed by atoms with Gasteiger partial charge in [-0.05, 0) is 35.2 Å². The Morgan fingerprint density at radius 2 is 1.52 bits per heavy atom. The first-order chi connectivity index (χ1) is 15.1. The van der Waals surface area contributed by atoms with Crippen LogP contribution in [0.15, 0.2) is 73.1 Å². The summed E-state index contributed by atoms with van der Waals surface area (Å²) in [4.78, 5) is 20.6. The molecule has 0 atom stereocenters. The van der Waals surface area contributed by atoms with E-state index in [-0.39, 0.29) is 19.1 Å². The Kier molecular flexibility index (Phi) is 6.02. The second-order valence-corrected chi connectivity index (χ2v) is 7.52. The molecule has 2 aromatic carbocycles. The lowest BCUT2D eigenvalue weighted by atomic mass is 9.97. The van der Waals surface area contributed by atoms with E-state index in [1.807, 2.05) is 48.5 Å². The van der Waals surface area contributed by atoms with Gasteiger partial charge in [0.05, 0.1) is 16.8 Å². The number of nitrogens with two attached hydrogens (primary N) is 1. The third-order valence-corrected chi connectivity index (χ3v) is 5.38. The van der Waals surface area contributed by atoms with Gasteiger partial charge in [-0.15, -0.1) is 0 Å². The molecule has 0 aliphatic carbocycles. The minimum Gasteiger partial charge on any atom is -0.396 e. The molecule has 4 aromatic rings. The number of fused-ring (bicyclic) bond motifs is 1. The first kappa shape index (κ1) is 20.7. The molecule has 1 amide bonds. The summed E-state index contributed by atoms with van der Waals surface area (Å²) in [7, 11) is 0. The number of nitrogens with zero attached hydrogens (tertiary/aromatic N) is 2. The Bertz CT molecular complexity index is 1200. The first-order valence-electron chi connectivity index (χ1n) is 10.0. The SMILES string of the molecule is NC(=O)c1cc(-c2ccc(-c3ccc(CC(CO)CO)cc3)cc2)nc2ccncc12. The van der Waals surface area contributed by atoms with Crippen molar-refractivity contribution in [2.45, 2.75) is 6.42 Å². The maximum atomic E-state index is 11.9. The smallest absolute Gasteiger partial charge is 0.249 e. The van der Waals surface area contributed by atoms with Crippen molar-refractivity contribution >= 4 is 16.8 Å². The van der Waals surface area contributed by atoms with Gasteiger partial charge in [-0.2, -0.15) is 0 Å². The van der Waals surface area contributed by atoms with Gasteiger partial charge in [0.25, 0.3) is 0 Å². The van der Waals surface area contributed by atoms with Crippen molar-refractivity contribution in [3.05, 3.63) is 84.2 Å². The van der Waals surface area contributed by atoms with Crippen LogP contribution in [-0.2, 0) is 6.42 Å². The molecule has 0 aliphatic rings. The zero-order valence-corrected chi connectivity index (χ0v) is 16.9. The molecule has 0 saturated carbocycles. The molecular weight excluding hydrogens is 390 g/mol. The van der Waals surface area contributed by atoms with Crippen LogP contribution in [0.5, 0.6) is 0 Å². The Morgan fingerprint density at radius 1 is 0.903 bits per heavy atom. The van der Waals surface area contributed by atoms with Gasteiger partial charge in [-0.25, -0.2) is 4.98 Å². The summed E-state index contributed by atoms with van der Waals surface area (Å²) in [6, 6.07) is 19.5. The Balaban J connectivity index is 1.61. The van der Waals surface area contributed by atoms with Gasteiger partial charge >= 0.3 is 0 Å². The number of rotatable bonds is 7. The zero-order valence-electron chi connectivity index (χ0n) is 16.9. The third-order valence-electron chi connectivity index (χ3n) is 5.38. The van der Waals surface area contributed by atoms with Gasteiger partial charge in [0, 0.05) is 42.5 Å². The monoisotopic (exact) mass is 413 g/mol. The lowest BCUT2D eigenvalue weighted by Crippen LogP contribution is -2.13. The lowest BCUT2D eigenvalue weighted by molar-refractivity contribution is 0.100. The highest BCUT2D eigenvalue weighted by Gasteiger charge is 2.12. The number of hydrogen-bond acceptors (Lipinski definition) is 5. The highest BCUT2D eigenvalue weighted by Crippen LogP contribution is 2.27. The van der Waals surface area contributed by atoms with Crippen molar-refractivity contribution < 1.29 is 15.0 Å². The van der Waals surface area contributed by atoms with E-state index in [0.717, 1.165) is 22.3 Å². The number of benzene rings is 2. The van der Waals surface area contributed by atoms with Crippen LogP contribution in [0.1, 0.15) is 15.9 Å². The van der Waals surface area contributed by atoms with E-state index >= 15 is 0 Å². The van der Waals surface area contributed by atoms with Crippen molar-refractivity contribution in [3.63, 3.8) is 0 Å². The number of carbonyl (C=O) groups is 1. The van der Waals surface area contributed by atoms with Gasteiger partial charge in [0.2, 0.25) is 5.91 Å². The van der Waals surface area contributed by atoms with E-state index in [1.54, 1.807) is 24.5 Å². The third kappa shape index (κ3) is 4.45. The molecule has 0 saturated heterocycles. The average Bonchev–Trinajstić information content (AvgIpc) is 2.82. The number of primary amides is 1. The zero-order chi connectivity index (χ0) is 21.8. The highest BCUT2D eigenvalue weighted by molar-refractivity contribution is 6.06. The summed E-state index contributed by atoms with van der Waals surface area (Å²) in [6.45, 7) is -0.0625. The Hall–Kier alpha value is -3.61. The molecule has 0 fully saturated rings. The van der Waals surface area contributed by atoms with Crippen LogP contribution in [0.3, 0.4) is 0 Å². The van der Waals surface area contributed by atoms with Crippen molar-refractivity contribution in [1.29, 1.82) is 0 Å². The molecule has 156 valence electrons. The van der Waals surface area contributed by atoms with Crippen molar-refractivity contribution in [1.82, 2.24) is 9.97 Å². The minimum absolute atomic E-state index is 0.0312. The summed E-state index contributed by atoms with van der Waals surface area (Å²) in [6.07, 6.45) is 3.87. The van der Waals surface area contributed by atoms with E-state index in [9.17, 15) is 15.0 Å². The van der Waals surface area contributed by atoms with E-state index in [2.05, 4.69) is 9.97 Å². The standard InChI is InChI=1S/C25H23N3O3/c26-25(31)21-12-24(28-23-9-10-27-13-22(21)23)20-7-5-19(6-8-20)18-3-1-16(2-4-18)11-17(14-29)15-30/h1-10,12-13,17,29-30H,11,14-15H2,(H2,26,31). The molecule has 31 heavy (non-hydrogen) atoms. The maximum absolute atomic E-state index is 11.9. The molecule has 0 aliphatic heterocycles. The molecule has 2 heterocycles. The van der Waals surface area contributed by atoms with Gasteiger partial charge in [0.15, 0.2) is 0 Å². The van der Waals surface area contributed by atoms with Crippen LogP contribution in [0.2, 0.25) is 0 Å². The fourth-order valence-corrected chi connectivity index (χ4v) is 3.61. The van der Waals surface area contributed by atoms with Crippen LogP contribution in [-0.4, -0.2) is 39.3 Å². The number of aliphatic hydroxyl groups is 2. The molecule has 2 aromatic heterocycles. The van der Waals surface area contributed by atoms with Crippen LogP contribution in [0, 0.1) is 5.92 Å². The largest absolute Gasteiger partial charge is 0.396 e.